The summed E-state index contributed by atoms with van der Waals surface area (Å²) in [6, 6.07) is 20.7. The molecule has 0 spiro atoms. The minimum absolute atomic E-state index is 0.0452. The molecule has 7 nitrogen and oxygen atoms in total. The Morgan fingerprint density at radius 3 is 2.56 bits per heavy atom. The van der Waals surface area contributed by atoms with Crippen LogP contribution in [0.25, 0.3) is 0 Å². The van der Waals surface area contributed by atoms with Crippen molar-refractivity contribution in [3.05, 3.63) is 83.4 Å². The van der Waals surface area contributed by atoms with Crippen LogP contribution in [0.4, 0.5) is 16.2 Å². The highest BCUT2D eigenvalue weighted by molar-refractivity contribution is 6.05. The molecular weight excluding hydrogens is 430 g/mol. The number of hydrogen-bond acceptors (Lipinski definition) is 4. The number of nitrogens with zero attached hydrogens (tertiary/aromatic N) is 2. The van der Waals surface area contributed by atoms with Gasteiger partial charge in [0, 0.05) is 42.6 Å². The number of hydrogen-bond donors (Lipinski definition) is 1. The molecule has 34 heavy (non-hydrogen) atoms. The van der Waals surface area contributed by atoms with Gasteiger partial charge in [0.05, 0.1) is 0 Å². The lowest BCUT2D eigenvalue weighted by molar-refractivity contribution is 0.102. The van der Waals surface area contributed by atoms with Gasteiger partial charge >= 0.3 is 6.03 Å². The molecule has 2 aliphatic heterocycles. The molecule has 5 rings (SSSR count). The summed E-state index contributed by atoms with van der Waals surface area (Å²) >= 11 is 0. The van der Waals surface area contributed by atoms with Gasteiger partial charge in [0.15, 0.2) is 11.5 Å². The van der Waals surface area contributed by atoms with Gasteiger partial charge in [0.25, 0.3) is 5.91 Å². The van der Waals surface area contributed by atoms with Crippen LogP contribution in [0.3, 0.4) is 0 Å². The molecule has 1 N–H and O–H groups in total. The lowest BCUT2D eigenvalue weighted by Gasteiger charge is -2.36. The monoisotopic (exact) mass is 457 g/mol. The number of nitrogens with one attached hydrogen (secondary N) is 1. The summed E-state index contributed by atoms with van der Waals surface area (Å²) in [5.74, 6) is 1.04. The first-order valence-corrected chi connectivity index (χ1v) is 11.5. The van der Waals surface area contributed by atoms with E-state index in [0.29, 0.717) is 61.3 Å². The third-order valence-electron chi connectivity index (χ3n) is 6.03. The van der Waals surface area contributed by atoms with Gasteiger partial charge in [0.2, 0.25) is 0 Å². The molecule has 0 aromatic heterocycles. The average Bonchev–Trinajstić information content (AvgIpc) is 2.86. The molecule has 1 fully saturated rings. The Morgan fingerprint density at radius 1 is 0.941 bits per heavy atom. The van der Waals surface area contributed by atoms with Crippen LogP contribution < -0.4 is 19.7 Å². The van der Waals surface area contributed by atoms with Crippen molar-refractivity contribution in [1.82, 2.24) is 4.90 Å². The molecule has 7 heteroatoms. The van der Waals surface area contributed by atoms with E-state index in [2.05, 4.69) is 36.5 Å². The average molecular weight is 458 g/mol. The molecular formula is C27H27N3O4. The summed E-state index contributed by atoms with van der Waals surface area (Å²) in [6.45, 7) is 4.96. The molecule has 0 bridgehead atoms. The predicted molar refractivity (Wildman–Crippen MR) is 131 cm³/mol. The van der Waals surface area contributed by atoms with E-state index in [1.54, 1.807) is 41.3 Å². The van der Waals surface area contributed by atoms with Crippen LogP contribution in [0.5, 0.6) is 11.5 Å². The van der Waals surface area contributed by atoms with Crippen molar-refractivity contribution in [3.63, 3.8) is 0 Å². The van der Waals surface area contributed by atoms with Crippen LogP contribution in [0.15, 0.2) is 66.7 Å². The van der Waals surface area contributed by atoms with Gasteiger partial charge < -0.3 is 19.7 Å². The van der Waals surface area contributed by atoms with E-state index < -0.39 is 0 Å². The Morgan fingerprint density at radius 2 is 1.74 bits per heavy atom. The number of benzene rings is 3. The van der Waals surface area contributed by atoms with Gasteiger partial charge in [-0.1, -0.05) is 35.9 Å². The van der Waals surface area contributed by atoms with Crippen molar-refractivity contribution in [2.75, 3.05) is 36.5 Å². The minimum Gasteiger partial charge on any atom is -0.486 e. The molecule has 2 heterocycles. The van der Waals surface area contributed by atoms with E-state index in [1.807, 2.05) is 11.0 Å². The van der Waals surface area contributed by atoms with Crippen LogP contribution in [0.1, 0.15) is 27.9 Å². The van der Waals surface area contributed by atoms with Crippen molar-refractivity contribution in [1.29, 1.82) is 0 Å². The van der Waals surface area contributed by atoms with Gasteiger partial charge in [-0.15, -0.1) is 0 Å². The van der Waals surface area contributed by atoms with E-state index in [4.69, 9.17) is 9.47 Å². The van der Waals surface area contributed by atoms with Crippen LogP contribution >= 0.6 is 0 Å². The van der Waals surface area contributed by atoms with Crippen molar-refractivity contribution >= 4 is 23.3 Å². The van der Waals surface area contributed by atoms with Gasteiger partial charge in [0.1, 0.15) is 13.2 Å². The highest BCUT2D eigenvalue weighted by atomic mass is 16.6. The molecule has 3 aromatic rings. The number of anilines is 2. The summed E-state index contributed by atoms with van der Waals surface area (Å²) in [6.07, 6.45) is 0.866. The van der Waals surface area contributed by atoms with E-state index in [9.17, 15) is 9.59 Å². The molecule has 174 valence electrons. The second kappa shape index (κ2) is 9.47. The summed E-state index contributed by atoms with van der Waals surface area (Å²) in [7, 11) is 0. The molecule has 0 atom stereocenters. The standard InChI is InChI=1S/C27H27N3O4/c1-19-6-8-20(9-7-19)18-29-12-3-13-30(27(29)32)23-5-2-4-21(16-23)26(31)28-22-10-11-24-25(17-22)34-15-14-33-24/h2,4-11,16-17H,3,12-15,18H2,1H3,(H,28,31). The molecule has 3 amide bonds. The number of urea groups is 1. The number of ether oxygens (including phenoxy) is 2. The van der Waals surface area contributed by atoms with E-state index in [1.165, 1.54) is 5.56 Å². The fourth-order valence-electron chi connectivity index (χ4n) is 4.22. The number of carbonyl (C=O) groups excluding carboxylic acids is 2. The number of rotatable bonds is 5. The number of carbonyl (C=O) groups is 2. The van der Waals surface area contributed by atoms with E-state index in [0.717, 1.165) is 12.0 Å². The largest absolute Gasteiger partial charge is 0.486 e. The zero-order chi connectivity index (χ0) is 23.5. The Labute approximate surface area is 198 Å². The first-order valence-electron chi connectivity index (χ1n) is 11.5. The molecule has 0 saturated carbocycles. The second-order valence-electron chi connectivity index (χ2n) is 8.56. The number of fused-ring (bicyclic) bond motifs is 1. The Hall–Kier alpha value is -4.00. The topological polar surface area (TPSA) is 71.1 Å². The quantitative estimate of drug-likeness (QED) is 0.595. The molecule has 3 aromatic carbocycles. The normalized spacial score (nSPS) is 15.3. The van der Waals surface area contributed by atoms with Crippen molar-refractivity contribution < 1.29 is 19.1 Å². The SMILES string of the molecule is Cc1ccc(CN2CCCN(c3cccc(C(=O)Nc4ccc5c(c4)OCCO5)c3)C2=O)cc1. The third-order valence-corrected chi connectivity index (χ3v) is 6.03. The zero-order valence-electron chi connectivity index (χ0n) is 19.1. The Kier molecular flexibility index (Phi) is 6.08. The lowest BCUT2D eigenvalue weighted by Crippen LogP contribution is -2.49. The third kappa shape index (κ3) is 4.69. The van der Waals surface area contributed by atoms with Gasteiger partial charge in [-0.25, -0.2) is 4.79 Å². The predicted octanol–water partition coefficient (Wildman–Crippen LogP) is 4.85. The fraction of sp³-hybridized carbons (Fsp3) is 0.259. The molecule has 0 aliphatic carbocycles. The van der Waals surface area contributed by atoms with Crippen LogP contribution in [-0.4, -0.2) is 43.1 Å². The van der Waals surface area contributed by atoms with E-state index in [-0.39, 0.29) is 11.9 Å². The molecule has 1 saturated heterocycles. The Balaban J connectivity index is 1.29. The minimum atomic E-state index is -0.250. The Bertz CT molecular complexity index is 1210. The summed E-state index contributed by atoms with van der Waals surface area (Å²) in [5.41, 5.74) is 4.12. The lowest BCUT2D eigenvalue weighted by atomic mass is 10.1. The summed E-state index contributed by atoms with van der Waals surface area (Å²) in [5, 5.41) is 2.91. The highest BCUT2D eigenvalue weighted by Gasteiger charge is 2.27. The highest BCUT2D eigenvalue weighted by Crippen LogP contribution is 2.33. The smallest absolute Gasteiger partial charge is 0.324 e. The van der Waals surface area contributed by atoms with Crippen molar-refractivity contribution in [2.45, 2.75) is 19.9 Å². The zero-order valence-corrected chi connectivity index (χ0v) is 19.1. The molecule has 0 unspecified atom stereocenters. The van der Waals surface area contributed by atoms with Crippen LogP contribution in [0, 0.1) is 6.92 Å². The summed E-state index contributed by atoms with van der Waals surface area (Å²) in [4.78, 5) is 29.8. The van der Waals surface area contributed by atoms with E-state index >= 15 is 0 Å². The van der Waals surface area contributed by atoms with Gasteiger partial charge in [-0.3, -0.25) is 9.69 Å². The van der Waals surface area contributed by atoms with Crippen LogP contribution in [0.2, 0.25) is 0 Å². The maximum atomic E-state index is 13.2. The van der Waals surface area contributed by atoms with Crippen molar-refractivity contribution in [2.24, 2.45) is 0 Å². The van der Waals surface area contributed by atoms with Gasteiger partial charge in [-0.05, 0) is 49.2 Å². The first kappa shape index (κ1) is 21.8. The summed E-state index contributed by atoms with van der Waals surface area (Å²) < 4.78 is 11.1. The van der Waals surface area contributed by atoms with Crippen molar-refractivity contribution in [3.8, 4) is 11.5 Å². The molecule has 0 radical (unpaired) electrons. The van der Waals surface area contributed by atoms with Gasteiger partial charge in [-0.2, -0.15) is 0 Å². The number of aryl methyl sites for hydroxylation is 1. The molecule has 2 aliphatic rings. The fourth-order valence-corrected chi connectivity index (χ4v) is 4.22. The number of amides is 3. The maximum absolute atomic E-state index is 13.2. The second-order valence-corrected chi connectivity index (χ2v) is 8.56. The first-order chi connectivity index (χ1) is 16.6. The van der Waals surface area contributed by atoms with Crippen LogP contribution in [-0.2, 0) is 6.54 Å². The maximum Gasteiger partial charge on any atom is 0.324 e.